The van der Waals surface area contributed by atoms with Crippen LogP contribution in [-0.2, 0) is 17.9 Å². The van der Waals surface area contributed by atoms with Gasteiger partial charge in [-0.3, -0.25) is 9.59 Å². The first-order valence-electron chi connectivity index (χ1n) is 12.8. The summed E-state index contributed by atoms with van der Waals surface area (Å²) >= 11 is 0. The molecule has 3 aromatic rings. The van der Waals surface area contributed by atoms with E-state index in [1.165, 1.54) is 6.42 Å². The first-order valence-corrected chi connectivity index (χ1v) is 12.8. The maximum atomic E-state index is 14.1. The first-order chi connectivity index (χ1) is 17.3. The van der Waals surface area contributed by atoms with Gasteiger partial charge in [0.25, 0.3) is 5.91 Å². The van der Waals surface area contributed by atoms with Crippen molar-refractivity contribution < 1.29 is 18.7 Å². The van der Waals surface area contributed by atoms with E-state index in [1.54, 1.807) is 18.3 Å². The molecule has 2 amide bonds. The number of fused-ring (bicyclic) bond motifs is 1. The van der Waals surface area contributed by atoms with Gasteiger partial charge in [0.15, 0.2) is 0 Å². The second kappa shape index (κ2) is 9.52. The van der Waals surface area contributed by atoms with Crippen LogP contribution in [0.4, 0.5) is 0 Å². The number of nitrogens with one attached hydrogen (secondary N) is 1. The standard InChI is InChI=1S/C29H35N3O4/c1-19-8-5-11-23(20(19)2)30-28(34)29(3)18-31-24(26-12-7-15-36-26)13-14-25(31)27(33)32(29)17-21-9-6-10-22(16-21)35-4/h6-7,9-10,12-16,19-20,23H,5,8,11,17-18H2,1-4H3,(H,30,34). The van der Waals surface area contributed by atoms with Crippen LogP contribution >= 0.6 is 0 Å². The molecule has 0 radical (unpaired) electrons. The number of aromatic nitrogens is 1. The highest BCUT2D eigenvalue weighted by Gasteiger charge is 2.48. The summed E-state index contributed by atoms with van der Waals surface area (Å²) in [5.74, 6) is 2.04. The van der Waals surface area contributed by atoms with Crippen molar-refractivity contribution in [1.82, 2.24) is 14.8 Å². The van der Waals surface area contributed by atoms with E-state index in [-0.39, 0.29) is 17.9 Å². The number of furan rings is 1. The Morgan fingerprint density at radius 3 is 2.69 bits per heavy atom. The van der Waals surface area contributed by atoms with E-state index in [9.17, 15) is 9.59 Å². The smallest absolute Gasteiger partial charge is 0.271 e. The predicted octanol–water partition coefficient (Wildman–Crippen LogP) is 5.11. The molecule has 2 aromatic heterocycles. The Kier molecular flexibility index (Phi) is 6.41. The van der Waals surface area contributed by atoms with Gasteiger partial charge in [-0.1, -0.05) is 38.8 Å². The quantitative estimate of drug-likeness (QED) is 0.522. The van der Waals surface area contributed by atoms with Gasteiger partial charge in [0.2, 0.25) is 5.91 Å². The number of carbonyl (C=O) groups is 2. The van der Waals surface area contributed by atoms with Crippen LogP contribution in [0.15, 0.2) is 59.2 Å². The van der Waals surface area contributed by atoms with Crippen LogP contribution < -0.4 is 10.1 Å². The Morgan fingerprint density at radius 2 is 1.94 bits per heavy atom. The number of methoxy groups -OCH3 is 1. The summed E-state index contributed by atoms with van der Waals surface area (Å²) in [4.78, 5) is 29.7. The molecule has 1 aliphatic carbocycles. The molecule has 0 spiro atoms. The van der Waals surface area contributed by atoms with Crippen LogP contribution in [0.25, 0.3) is 11.5 Å². The van der Waals surface area contributed by atoms with Crippen molar-refractivity contribution in [2.24, 2.45) is 11.8 Å². The summed E-state index contributed by atoms with van der Waals surface area (Å²) < 4.78 is 13.0. The average Bonchev–Trinajstić information content (AvgIpc) is 3.54. The van der Waals surface area contributed by atoms with Gasteiger partial charge in [0.05, 0.1) is 25.6 Å². The number of benzene rings is 1. The van der Waals surface area contributed by atoms with Gasteiger partial charge < -0.3 is 23.9 Å². The Labute approximate surface area is 212 Å². The van der Waals surface area contributed by atoms with Crippen molar-refractivity contribution in [3.8, 4) is 17.2 Å². The lowest BCUT2D eigenvalue weighted by molar-refractivity contribution is -0.134. The molecule has 3 heterocycles. The maximum absolute atomic E-state index is 14.1. The molecule has 190 valence electrons. The van der Waals surface area contributed by atoms with Gasteiger partial charge in [-0.05, 0) is 67.1 Å². The number of hydrogen-bond acceptors (Lipinski definition) is 4. The van der Waals surface area contributed by atoms with Crippen molar-refractivity contribution in [2.75, 3.05) is 7.11 Å². The zero-order valence-corrected chi connectivity index (χ0v) is 21.5. The average molecular weight is 490 g/mol. The molecule has 7 heteroatoms. The van der Waals surface area contributed by atoms with Crippen LogP contribution in [0.3, 0.4) is 0 Å². The minimum absolute atomic E-state index is 0.0995. The third kappa shape index (κ3) is 4.21. The number of carbonyl (C=O) groups excluding carboxylic acids is 2. The monoisotopic (exact) mass is 489 g/mol. The van der Waals surface area contributed by atoms with E-state index < -0.39 is 5.54 Å². The molecular weight excluding hydrogens is 454 g/mol. The fourth-order valence-corrected chi connectivity index (χ4v) is 5.72. The molecule has 2 aliphatic rings. The molecule has 4 atom stereocenters. The zero-order valence-electron chi connectivity index (χ0n) is 21.5. The number of rotatable bonds is 6. The number of ether oxygens (including phenoxy) is 1. The van der Waals surface area contributed by atoms with E-state index in [4.69, 9.17) is 9.15 Å². The Bertz CT molecular complexity index is 1250. The van der Waals surface area contributed by atoms with E-state index in [0.717, 1.165) is 29.8 Å². The molecule has 1 fully saturated rings. The zero-order chi connectivity index (χ0) is 25.4. The SMILES string of the molecule is COc1cccc(CN2C(=O)c3ccc(-c4ccco4)n3CC2(C)C(=O)NC2CCCC(C)C2C)c1. The fourth-order valence-electron chi connectivity index (χ4n) is 5.72. The molecule has 0 bridgehead atoms. The molecule has 7 nitrogen and oxygen atoms in total. The van der Waals surface area contributed by atoms with Crippen molar-refractivity contribution >= 4 is 11.8 Å². The second-order valence-corrected chi connectivity index (χ2v) is 10.5. The van der Waals surface area contributed by atoms with Crippen molar-refractivity contribution in [2.45, 2.75) is 64.7 Å². The van der Waals surface area contributed by atoms with Gasteiger partial charge in [0.1, 0.15) is 22.7 Å². The van der Waals surface area contributed by atoms with Gasteiger partial charge in [0, 0.05) is 12.6 Å². The van der Waals surface area contributed by atoms with E-state index >= 15 is 0 Å². The minimum Gasteiger partial charge on any atom is -0.497 e. The molecule has 36 heavy (non-hydrogen) atoms. The number of nitrogens with zero attached hydrogens (tertiary/aromatic N) is 2. The molecule has 5 rings (SSSR count). The van der Waals surface area contributed by atoms with E-state index in [0.29, 0.717) is 36.4 Å². The van der Waals surface area contributed by atoms with Crippen LogP contribution in [0, 0.1) is 11.8 Å². The molecule has 1 aromatic carbocycles. The molecule has 4 unspecified atom stereocenters. The highest BCUT2D eigenvalue weighted by molar-refractivity contribution is 6.00. The van der Waals surface area contributed by atoms with Gasteiger partial charge in [-0.25, -0.2) is 0 Å². The Hall–Kier alpha value is -3.48. The lowest BCUT2D eigenvalue weighted by Crippen LogP contribution is -2.65. The van der Waals surface area contributed by atoms with Crippen molar-refractivity contribution in [1.29, 1.82) is 0 Å². The predicted molar refractivity (Wildman–Crippen MR) is 138 cm³/mol. The topological polar surface area (TPSA) is 76.7 Å². The van der Waals surface area contributed by atoms with Crippen molar-refractivity contribution in [3.05, 3.63) is 66.1 Å². The first kappa shape index (κ1) is 24.2. The highest BCUT2D eigenvalue weighted by atomic mass is 16.5. The maximum Gasteiger partial charge on any atom is 0.271 e. The highest BCUT2D eigenvalue weighted by Crippen LogP contribution is 2.36. The minimum atomic E-state index is -1.09. The summed E-state index contributed by atoms with van der Waals surface area (Å²) in [6.45, 7) is 7.00. The van der Waals surface area contributed by atoms with Gasteiger partial charge in [-0.15, -0.1) is 0 Å². The van der Waals surface area contributed by atoms with Crippen molar-refractivity contribution in [3.63, 3.8) is 0 Å². The Morgan fingerprint density at radius 1 is 1.14 bits per heavy atom. The summed E-state index contributed by atoms with van der Waals surface area (Å²) in [5, 5.41) is 3.35. The molecule has 1 N–H and O–H groups in total. The molecule has 1 aliphatic heterocycles. The molecular formula is C29H35N3O4. The number of amides is 2. The number of hydrogen-bond donors (Lipinski definition) is 1. The van der Waals surface area contributed by atoms with E-state index in [2.05, 4.69) is 19.2 Å². The van der Waals surface area contributed by atoms with Crippen LogP contribution in [0.2, 0.25) is 0 Å². The van der Waals surface area contributed by atoms with Crippen LogP contribution in [0.5, 0.6) is 5.75 Å². The van der Waals surface area contributed by atoms with Gasteiger partial charge in [-0.2, -0.15) is 0 Å². The molecule has 1 saturated carbocycles. The third-order valence-electron chi connectivity index (χ3n) is 8.27. The normalized spacial score (nSPS) is 25.9. The summed E-state index contributed by atoms with van der Waals surface area (Å²) in [6, 6.07) is 15.2. The van der Waals surface area contributed by atoms with E-state index in [1.807, 2.05) is 60.0 Å². The summed E-state index contributed by atoms with van der Waals surface area (Å²) in [7, 11) is 1.62. The lowest BCUT2D eigenvalue weighted by Gasteiger charge is -2.46. The van der Waals surface area contributed by atoms with Crippen LogP contribution in [-0.4, -0.2) is 40.0 Å². The van der Waals surface area contributed by atoms with Crippen LogP contribution in [0.1, 0.15) is 56.1 Å². The lowest BCUT2D eigenvalue weighted by atomic mass is 9.77. The third-order valence-corrected chi connectivity index (χ3v) is 8.27. The summed E-state index contributed by atoms with van der Waals surface area (Å²) in [5.41, 5.74) is 1.17. The Balaban J connectivity index is 1.53. The largest absolute Gasteiger partial charge is 0.497 e. The second-order valence-electron chi connectivity index (χ2n) is 10.5. The van der Waals surface area contributed by atoms with Gasteiger partial charge >= 0.3 is 0 Å². The molecule has 0 saturated heterocycles. The summed E-state index contributed by atoms with van der Waals surface area (Å²) in [6.07, 6.45) is 4.87. The fraction of sp³-hybridized carbons (Fsp3) is 0.448.